The maximum absolute atomic E-state index is 10.1. The van der Waals surface area contributed by atoms with E-state index >= 15 is 0 Å². The van der Waals surface area contributed by atoms with Gasteiger partial charge in [-0.25, -0.2) is 0 Å². The second-order valence-corrected chi connectivity index (χ2v) is 2.06. The Morgan fingerprint density at radius 3 is 2.64 bits per heavy atom. The quantitative estimate of drug-likeness (QED) is 0.611. The highest BCUT2D eigenvalue weighted by molar-refractivity contribution is 5.95. The van der Waals surface area contributed by atoms with Crippen LogP contribution in [0.5, 0.6) is 0 Å². The minimum Gasteiger partial charge on any atom is -0.481 e. The molecule has 0 heterocycles. The minimum atomic E-state index is -0.796. The summed E-state index contributed by atoms with van der Waals surface area (Å²) in [6.45, 7) is 6.12. The summed E-state index contributed by atoms with van der Waals surface area (Å²) in [6.07, 6.45) is 2.21. The molecule has 0 unspecified atom stereocenters. The first-order chi connectivity index (χ1) is 5.20. The fourth-order valence-corrected chi connectivity index (χ4v) is 0.684. The first kappa shape index (κ1) is 9.88. The highest BCUT2D eigenvalue weighted by atomic mass is 16.4. The lowest BCUT2D eigenvalue weighted by Gasteiger charge is -1.96. The molecule has 0 aromatic heterocycles. The summed E-state index contributed by atoms with van der Waals surface area (Å²) in [5.74, 6) is -0.796. The summed E-state index contributed by atoms with van der Waals surface area (Å²) < 4.78 is 0. The van der Waals surface area contributed by atoms with Gasteiger partial charge in [0.25, 0.3) is 0 Å². The summed E-state index contributed by atoms with van der Waals surface area (Å²) in [6, 6.07) is 0. The third kappa shape index (κ3) is 5.33. The van der Waals surface area contributed by atoms with Gasteiger partial charge in [0.05, 0.1) is 6.42 Å². The van der Waals surface area contributed by atoms with Gasteiger partial charge in [-0.3, -0.25) is 9.79 Å². The monoisotopic (exact) mass is 155 g/mol. The summed E-state index contributed by atoms with van der Waals surface area (Å²) in [4.78, 5) is 14.2. The van der Waals surface area contributed by atoms with Crippen LogP contribution in [-0.4, -0.2) is 23.3 Å². The topological polar surface area (TPSA) is 49.7 Å². The van der Waals surface area contributed by atoms with Gasteiger partial charge in [-0.05, 0) is 19.4 Å². The van der Waals surface area contributed by atoms with Gasteiger partial charge in [-0.1, -0.05) is 6.58 Å². The zero-order valence-corrected chi connectivity index (χ0v) is 6.71. The van der Waals surface area contributed by atoms with E-state index in [1.807, 2.05) is 6.92 Å². The molecule has 3 nitrogen and oxygen atoms in total. The molecule has 3 heteroatoms. The Morgan fingerprint density at radius 1 is 1.64 bits per heavy atom. The molecule has 0 aliphatic rings. The number of hydrogen-bond donors (Lipinski definition) is 1. The average Bonchev–Trinajstić information content (AvgIpc) is 1.97. The maximum atomic E-state index is 10.1. The van der Waals surface area contributed by atoms with Gasteiger partial charge < -0.3 is 5.11 Å². The fraction of sp³-hybridized carbons (Fsp3) is 0.500. The lowest BCUT2D eigenvalue weighted by Crippen LogP contribution is -2.01. The van der Waals surface area contributed by atoms with Gasteiger partial charge in [-0.15, -0.1) is 0 Å². The molecule has 0 atom stereocenters. The maximum Gasteiger partial charge on any atom is 0.303 e. The zero-order chi connectivity index (χ0) is 8.69. The van der Waals surface area contributed by atoms with Crippen LogP contribution in [0.1, 0.15) is 19.8 Å². The molecule has 0 radical (unpaired) electrons. The van der Waals surface area contributed by atoms with Crippen LogP contribution in [0.3, 0.4) is 0 Å². The predicted octanol–water partition coefficient (Wildman–Crippen LogP) is 1.50. The summed E-state index contributed by atoms with van der Waals surface area (Å²) in [5, 5.41) is 8.34. The third-order valence-electron chi connectivity index (χ3n) is 1.19. The summed E-state index contributed by atoms with van der Waals surface area (Å²) in [5.41, 5.74) is 0.773. The molecule has 0 saturated carbocycles. The number of aliphatic carboxylic acids is 1. The zero-order valence-electron chi connectivity index (χ0n) is 6.71. The van der Waals surface area contributed by atoms with Crippen LogP contribution in [-0.2, 0) is 4.79 Å². The van der Waals surface area contributed by atoms with Gasteiger partial charge in [0.1, 0.15) is 0 Å². The van der Waals surface area contributed by atoms with Crippen molar-refractivity contribution < 1.29 is 9.90 Å². The highest BCUT2D eigenvalue weighted by Gasteiger charge is 1.98. The van der Waals surface area contributed by atoms with E-state index in [4.69, 9.17) is 5.11 Å². The molecule has 0 fully saturated rings. The van der Waals surface area contributed by atoms with Gasteiger partial charge in [-0.2, -0.15) is 0 Å². The average molecular weight is 155 g/mol. The molecule has 0 aromatic rings. The Bertz CT molecular complexity index is 173. The van der Waals surface area contributed by atoms with Crippen molar-refractivity contribution in [2.75, 3.05) is 6.54 Å². The number of carboxylic acids is 1. The molecule has 11 heavy (non-hydrogen) atoms. The number of nitrogens with zero attached hydrogens (tertiary/aromatic N) is 1. The van der Waals surface area contributed by atoms with E-state index in [0.29, 0.717) is 13.0 Å². The predicted molar refractivity (Wildman–Crippen MR) is 45.0 cm³/mol. The SMILES string of the molecule is C=CC(CCC(=O)O)=NCC. The van der Waals surface area contributed by atoms with E-state index in [1.54, 1.807) is 6.08 Å². The first-order valence-electron chi connectivity index (χ1n) is 3.58. The molecule has 0 aromatic carbocycles. The molecular weight excluding hydrogens is 142 g/mol. The molecule has 0 rings (SSSR count). The number of carboxylic acid groups (broad SMARTS) is 1. The van der Waals surface area contributed by atoms with Crippen LogP contribution < -0.4 is 0 Å². The van der Waals surface area contributed by atoms with Crippen molar-refractivity contribution >= 4 is 11.7 Å². The van der Waals surface area contributed by atoms with Crippen molar-refractivity contribution in [1.29, 1.82) is 0 Å². The van der Waals surface area contributed by atoms with Crippen molar-refractivity contribution in [2.45, 2.75) is 19.8 Å². The molecule has 0 aliphatic carbocycles. The summed E-state index contributed by atoms with van der Waals surface area (Å²) in [7, 11) is 0. The molecule has 0 spiro atoms. The Balaban J connectivity index is 3.79. The van der Waals surface area contributed by atoms with Gasteiger partial charge in [0.2, 0.25) is 0 Å². The second kappa shape index (κ2) is 5.65. The molecule has 0 bridgehead atoms. The number of allylic oxidation sites excluding steroid dienone is 1. The molecular formula is C8H13NO2. The van der Waals surface area contributed by atoms with Gasteiger partial charge in [0.15, 0.2) is 0 Å². The Kier molecular flexibility index (Phi) is 5.07. The van der Waals surface area contributed by atoms with Crippen LogP contribution in [0.2, 0.25) is 0 Å². The Labute approximate surface area is 66.5 Å². The first-order valence-corrected chi connectivity index (χ1v) is 3.58. The molecule has 62 valence electrons. The summed E-state index contributed by atoms with van der Waals surface area (Å²) >= 11 is 0. The van der Waals surface area contributed by atoms with E-state index in [2.05, 4.69) is 11.6 Å². The van der Waals surface area contributed by atoms with Crippen LogP contribution in [0.4, 0.5) is 0 Å². The smallest absolute Gasteiger partial charge is 0.303 e. The van der Waals surface area contributed by atoms with Gasteiger partial charge >= 0.3 is 5.97 Å². The normalized spacial score (nSPS) is 11.2. The number of carbonyl (C=O) groups is 1. The van der Waals surface area contributed by atoms with E-state index < -0.39 is 5.97 Å². The second-order valence-electron chi connectivity index (χ2n) is 2.06. The molecule has 0 saturated heterocycles. The number of aliphatic imine (C=N–C) groups is 1. The Morgan fingerprint density at radius 2 is 2.27 bits per heavy atom. The standard InChI is InChI=1S/C8H13NO2/c1-3-7(9-4-2)5-6-8(10)11/h3H,1,4-6H2,2H3,(H,10,11). The molecule has 0 aliphatic heterocycles. The molecule has 1 N–H and O–H groups in total. The lowest BCUT2D eigenvalue weighted by molar-refractivity contribution is -0.136. The van der Waals surface area contributed by atoms with Crippen LogP contribution >= 0.6 is 0 Å². The van der Waals surface area contributed by atoms with Crippen molar-refractivity contribution in [3.05, 3.63) is 12.7 Å². The fourth-order valence-electron chi connectivity index (χ4n) is 0.684. The number of rotatable bonds is 5. The van der Waals surface area contributed by atoms with Crippen molar-refractivity contribution in [3.8, 4) is 0 Å². The largest absolute Gasteiger partial charge is 0.481 e. The van der Waals surface area contributed by atoms with Crippen molar-refractivity contribution in [3.63, 3.8) is 0 Å². The van der Waals surface area contributed by atoms with Gasteiger partial charge in [0, 0.05) is 12.3 Å². The number of hydrogen-bond acceptors (Lipinski definition) is 2. The molecule has 0 amide bonds. The van der Waals surface area contributed by atoms with E-state index in [9.17, 15) is 4.79 Å². The minimum absolute atomic E-state index is 0.130. The van der Waals surface area contributed by atoms with E-state index in [-0.39, 0.29) is 6.42 Å². The van der Waals surface area contributed by atoms with Crippen LogP contribution in [0.15, 0.2) is 17.6 Å². The van der Waals surface area contributed by atoms with Crippen molar-refractivity contribution in [1.82, 2.24) is 0 Å². The lowest BCUT2D eigenvalue weighted by atomic mass is 10.2. The van der Waals surface area contributed by atoms with E-state index in [0.717, 1.165) is 5.71 Å². The van der Waals surface area contributed by atoms with E-state index in [1.165, 1.54) is 0 Å². The highest BCUT2D eigenvalue weighted by Crippen LogP contribution is 1.94. The third-order valence-corrected chi connectivity index (χ3v) is 1.19. The van der Waals surface area contributed by atoms with Crippen molar-refractivity contribution in [2.24, 2.45) is 4.99 Å². The Hall–Kier alpha value is -1.12. The van der Waals surface area contributed by atoms with Crippen LogP contribution in [0, 0.1) is 0 Å². The van der Waals surface area contributed by atoms with Crippen LogP contribution in [0.25, 0.3) is 0 Å².